The molecule has 29 heavy (non-hydrogen) atoms. The number of rotatable bonds is 5. The Morgan fingerprint density at radius 1 is 1.10 bits per heavy atom. The highest BCUT2D eigenvalue weighted by molar-refractivity contribution is 6.05. The van der Waals surface area contributed by atoms with Crippen molar-refractivity contribution in [3.8, 4) is 11.4 Å². The first-order valence-corrected chi connectivity index (χ1v) is 9.44. The first-order chi connectivity index (χ1) is 14.0. The largest absolute Gasteiger partial charge is 0.383 e. The molecule has 4 rings (SSSR count). The smallest absolute Gasteiger partial charge is 0.253 e. The molecule has 2 unspecified atom stereocenters. The van der Waals surface area contributed by atoms with Gasteiger partial charge in [0.2, 0.25) is 0 Å². The molecule has 3 N–H and O–H groups in total. The number of para-hydroxylation sites is 1. The van der Waals surface area contributed by atoms with Gasteiger partial charge in [-0.2, -0.15) is 0 Å². The molecule has 2 heterocycles. The monoisotopic (exact) mass is 386 g/mol. The number of hydrogen-bond acceptors (Lipinski definition) is 4. The lowest BCUT2D eigenvalue weighted by atomic mass is 9.89. The number of amides is 1. The average molecular weight is 386 g/mol. The van der Waals surface area contributed by atoms with Gasteiger partial charge in [0.25, 0.3) is 5.91 Å². The van der Waals surface area contributed by atoms with E-state index in [4.69, 9.17) is 0 Å². The zero-order valence-electron chi connectivity index (χ0n) is 16.3. The summed E-state index contributed by atoms with van der Waals surface area (Å²) in [5.41, 5.74) is 2.16. The Balaban J connectivity index is 1.63. The molecule has 6 nitrogen and oxygen atoms in total. The second-order valence-electron chi connectivity index (χ2n) is 7.24. The van der Waals surface area contributed by atoms with Crippen LogP contribution in [0.1, 0.15) is 29.8 Å². The molecule has 0 spiro atoms. The quantitative estimate of drug-likeness (QED) is 0.488. The Labute approximate surface area is 168 Å². The molecule has 2 atom stereocenters. The fourth-order valence-corrected chi connectivity index (χ4v) is 3.30. The number of aromatic amines is 1. The third-order valence-corrected chi connectivity index (χ3v) is 5.24. The number of fused-ring (bicyclic) bond motifs is 1. The molecule has 0 aliphatic heterocycles. The molecule has 0 aliphatic rings. The van der Waals surface area contributed by atoms with Gasteiger partial charge in [-0.25, -0.2) is 4.98 Å². The van der Waals surface area contributed by atoms with Gasteiger partial charge in [0.1, 0.15) is 16.9 Å². The van der Waals surface area contributed by atoms with E-state index >= 15 is 0 Å². The van der Waals surface area contributed by atoms with E-state index < -0.39 is 11.6 Å². The molecule has 0 radical (unpaired) electrons. The summed E-state index contributed by atoms with van der Waals surface area (Å²) in [6.45, 7) is 3.49. The minimum atomic E-state index is -1.21. The molecule has 0 fully saturated rings. The van der Waals surface area contributed by atoms with Crippen molar-refractivity contribution in [1.29, 1.82) is 0 Å². The first kappa shape index (κ1) is 18.8. The van der Waals surface area contributed by atoms with Crippen molar-refractivity contribution in [1.82, 2.24) is 20.3 Å². The highest BCUT2D eigenvalue weighted by Gasteiger charge is 2.32. The number of carbonyl (C=O) groups excluding carboxylic acids is 1. The van der Waals surface area contributed by atoms with E-state index in [9.17, 15) is 9.90 Å². The Hall–Kier alpha value is -3.51. The predicted octanol–water partition coefficient (Wildman–Crippen LogP) is 3.65. The normalized spacial score (nSPS) is 14.3. The minimum absolute atomic E-state index is 0.288. The summed E-state index contributed by atoms with van der Waals surface area (Å²) in [6.07, 6.45) is 3.42. The molecule has 2 aromatic heterocycles. The van der Waals surface area contributed by atoms with Crippen LogP contribution in [0.25, 0.3) is 22.4 Å². The Bertz CT molecular complexity index is 1140. The number of aromatic nitrogens is 3. The van der Waals surface area contributed by atoms with E-state index in [1.807, 2.05) is 54.6 Å². The summed E-state index contributed by atoms with van der Waals surface area (Å²) in [5.74, 6) is 0.362. The van der Waals surface area contributed by atoms with Crippen LogP contribution in [0.15, 0.2) is 73.1 Å². The van der Waals surface area contributed by atoms with Gasteiger partial charge in [0.15, 0.2) is 0 Å². The summed E-state index contributed by atoms with van der Waals surface area (Å²) in [7, 11) is 0. The number of benzene rings is 2. The SMILES string of the molecule is CC(NC(=O)c1cccc2[nH]c(-c3cccnc3)nc12)C(C)(O)c1ccccc1. The van der Waals surface area contributed by atoms with E-state index in [0.717, 1.165) is 16.6 Å². The summed E-state index contributed by atoms with van der Waals surface area (Å²) >= 11 is 0. The third kappa shape index (κ3) is 3.62. The molecule has 0 saturated heterocycles. The number of hydrogen-bond donors (Lipinski definition) is 3. The van der Waals surface area contributed by atoms with Gasteiger partial charge in [0.05, 0.1) is 17.1 Å². The minimum Gasteiger partial charge on any atom is -0.383 e. The maximum Gasteiger partial charge on any atom is 0.253 e. The molecule has 146 valence electrons. The number of nitrogens with one attached hydrogen (secondary N) is 2. The lowest BCUT2D eigenvalue weighted by molar-refractivity contribution is 0.0208. The number of nitrogens with zero attached hydrogens (tertiary/aromatic N) is 2. The molecule has 4 aromatic rings. The maximum atomic E-state index is 13.0. The molecular weight excluding hydrogens is 364 g/mol. The summed E-state index contributed by atoms with van der Waals surface area (Å²) in [4.78, 5) is 25.0. The van der Waals surface area contributed by atoms with Crippen LogP contribution in [-0.4, -0.2) is 32.0 Å². The van der Waals surface area contributed by atoms with E-state index in [0.29, 0.717) is 16.9 Å². The van der Waals surface area contributed by atoms with Crippen LogP contribution in [0.5, 0.6) is 0 Å². The van der Waals surface area contributed by atoms with Crippen molar-refractivity contribution in [2.75, 3.05) is 0 Å². The molecule has 0 saturated carbocycles. The molecule has 0 bridgehead atoms. The van der Waals surface area contributed by atoms with Crippen LogP contribution in [0.4, 0.5) is 0 Å². The lowest BCUT2D eigenvalue weighted by Crippen LogP contribution is -2.47. The van der Waals surface area contributed by atoms with Gasteiger partial charge in [-0.15, -0.1) is 0 Å². The van der Waals surface area contributed by atoms with E-state index in [2.05, 4.69) is 20.3 Å². The summed E-state index contributed by atoms with van der Waals surface area (Å²) < 4.78 is 0. The standard InChI is InChI=1S/C23H22N4O2/c1-15(23(2,29)17-9-4-3-5-10-17)25-22(28)18-11-6-12-19-20(18)27-21(26-19)16-8-7-13-24-14-16/h3-15,29H,1-2H3,(H,25,28)(H,26,27). The van der Waals surface area contributed by atoms with Crippen molar-refractivity contribution in [2.45, 2.75) is 25.5 Å². The highest BCUT2D eigenvalue weighted by atomic mass is 16.3. The van der Waals surface area contributed by atoms with Crippen LogP contribution in [0, 0.1) is 0 Å². The van der Waals surface area contributed by atoms with Gasteiger partial charge in [-0.05, 0) is 43.7 Å². The van der Waals surface area contributed by atoms with Crippen LogP contribution >= 0.6 is 0 Å². The number of H-pyrrole nitrogens is 1. The number of imidazole rings is 1. The first-order valence-electron chi connectivity index (χ1n) is 9.44. The number of carbonyl (C=O) groups is 1. The second kappa shape index (κ2) is 7.48. The summed E-state index contributed by atoms with van der Waals surface area (Å²) in [6, 6.07) is 18.0. The lowest BCUT2D eigenvalue weighted by Gasteiger charge is -2.31. The van der Waals surface area contributed by atoms with E-state index in [-0.39, 0.29) is 5.91 Å². The van der Waals surface area contributed by atoms with Gasteiger partial charge in [-0.1, -0.05) is 36.4 Å². The van der Waals surface area contributed by atoms with Crippen LogP contribution in [-0.2, 0) is 5.60 Å². The van der Waals surface area contributed by atoms with Crippen LogP contribution in [0.3, 0.4) is 0 Å². The fourth-order valence-electron chi connectivity index (χ4n) is 3.30. The van der Waals surface area contributed by atoms with Gasteiger partial charge in [-0.3, -0.25) is 9.78 Å². The van der Waals surface area contributed by atoms with Crippen LogP contribution < -0.4 is 5.32 Å². The zero-order chi connectivity index (χ0) is 20.4. The van der Waals surface area contributed by atoms with Gasteiger partial charge in [0, 0.05) is 18.0 Å². The molecule has 1 amide bonds. The molecule has 0 aliphatic carbocycles. The molecule has 6 heteroatoms. The van der Waals surface area contributed by atoms with Gasteiger partial charge < -0.3 is 15.4 Å². The summed E-state index contributed by atoms with van der Waals surface area (Å²) in [5, 5.41) is 13.9. The van der Waals surface area contributed by atoms with Crippen LogP contribution in [0.2, 0.25) is 0 Å². The second-order valence-corrected chi connectivity index (χ2v) is 7.24. The van der Waals surface area contributed by atoms with Crippen molar-refractivity contribution < 1.29 is 9.90 Å². The van der Waals surface area contributed by atoms with Crippen molar-refractivity contribution in [3.05, 3.63) is 84.2 Å². The Morgan fingerprint density at radius 3 is 2.62 bits per heavy atom. The van der Waals surface area contributed by atoms with Crippen molar-refractivity contribution >= 4 is 16.9 Å². The van der Waals surface area contributed by atoms with Gasteiger partial charge >= 0.3 is 0 Å². The number of pyridine rings is 1. The third-order valence-electron chi connectivity index (χ3n) is 5.24. The number of aliphatic hydroxyl groups is 1. The Morgan fingerprint density at radius 2 is 1.90 bits per heavy atom. The molecule has 2 aromatic carbocycles. The van der Waals surface area contributed by atoms with E-state index in [1.54, 1.807) is 32.3 Å². The predicted molar refractivity (Wildman–Crippen MR) is 112 cm³/mol. The van der Waals surface area contributed by atoms with E-state index in [1.165, 1.54) is 0 Å². The highest BCUT2D eigenvalue weighted by Crippen LogP contribution is 2.26. The van der Waals surface area contributed by atoms with Crippen molar-refractivity contribution in [2.24, 2.45) is 0 Å². The maximum absolute atomic E-state index is 13.0. The Kier molecular flexibility index (Phi) is 4.86. The zero-order valence-corrected chi connectivity index (χ0v) is 16.3. The molecular formula is C23H22N4O2. The fraction of sp³-hybridized carbons (Fsp3) is 0.174. The topological polar surface area (TPSA) is 90.9 Å². The average Bonchev–Trinajstić information content (AvgIpc) is 3.19. The van der Waals surface area contributed by atoms with Crippen molar-refractivity contribution in [3.63, 3.8) is 0 Å².